The second kappa shape index (κ2) is 4.51. The minimum absolute atomic E-state index is 0.275. The Balaban J connectivity index is 3.35. The van der Waals surface area contributed by atoms with Gasteiger partial charge in [0.05, 0.1) is 0 Å². The summed E-state index contributed by atoms with van der Waals surface area (Å²) in [7, 11) is 0. The number of alkyl halides is 2. The number of carbonyl (C=O) groups is 1. The molecule has 0 radical (unpaired) electrons. The van der Waals surface area contributed by atoms with Crippen molar-refractivity contribution in [1.82, 2.24) is 0 Å². The topological polar surface area (TPSA) is 43.1 Å². The van der Waals surface area contributed by atoms with E-state index >= 15 is 0 Å². The molecular weight excluding hydrogens is 226 g/mol. The zero-order chi connectivity index (χ0) is 12.5. The molecule has 16 heavy (non-hydrogen) atoms. The van der Waals surface area contributed by atoms with Crippen LogP contribution in [0.4, 0.5) is 17.6 Å². The Bertz CT molecular complexity index is 431. The van der Waals surface area contributed by atoms with Crippen LogP contribution in [0.15, 0.2) is 6.07 Å². The summed E-state index contributed by atoms with van der Waals surface area (Å²) in [6, 6.07) is 0.863. The van der Waals surface area contributed by atoms with Crippen LogP contribution in [0.2, 0.25) is 0 Å². The summed E-state index contributed by atoms with van der Waals surface area (Å²) in [5, 5.41) is 0. The fourth-order valence-corrected chi connectivity index (χ4v) is 1.34. The largest absolute Gasteiger partial charge is 0.366 e. The first-order valence-corrected chi connectivity index (χ1v) is 4.40. The van der Waals surface area contributed by atoms with Crippen LogP contribution < -0.4 is 5.73 Å². The van der Waals surface area contributed by atoms with Crippen molar-refractivity contribution in [3.8, 4) is 0 Å². The average molecular weight is 235 g/mol. The first-order chi connectivity index (χ1) is 7.34. The lowest BCUT2D eigenvalue weighted by atomic mass is 10.0. The predicted octanol–water partition coefficient (Wildman–Crippen LogP) is 2.18. The molecule has 0 saturated heterocycles. The molecule has 1 aromatic rings. The molecule has 1 amide bonds. The van der Waals surface area contributed by atoms with Crippen LogP contribution in [0.1, 0.15) is 21.5 Å². The van der Waals surface area contributed by atoms with E-state index in [-0.39, 0.29) is 11.1 Å². The Morgan fingerprint density at radius 2 is 1.94 bits per heavy atom. The zero-order valence-electron chi connectivity index (χ0n) is 8.36. The molecule has 2 N–H and O–H groups in total. The van der Waals surface area contributed by atoms with Crippen LogP contribution in [0.25, 0.3) is 0 Å². The third kappa shape index (κ3) is 2.32. The lowest BCUT2D eigenvalue weighted by Crippen LogP contribution is -2.16. The molecule has 0 fully saturated rings. The van der Waals surface area contributed by atoms with Crippen LogP contribution in [-0.2, 0) is 6.42 Å². The van der Waals surface area contributed by atoms with E-state index < -0.39 is 36.0 Å². The van der Waals surface area contributed by atoms with Crippen LogP contribution in [0, 0.1) is 18.6 Å². The van der Waals surface area contributed by atoms with Gasteiger partial charge >= 0.3 is 0 Å². The Labute approximate surface area is 89.1 Å². The van der Waals surface area contributed by atoms with Gasteiger partial charge in [0, 0.05) is 17.5 Å². The minimum atomic E-state index is -2.82. The molecule has 0 unspecified atom stereocenters. The van der Waals surface area contributed by atoms with E-state index in [1.54, 1.807) is 0 Å². The van der Waals surface area contributed by atoms with E-state index in [4.69, 9.17) is 5.73 Å². The third-order valence-electron chi connectivity index (χ3n) is 2.17. The van der Waals surface area contributed by atoms with Crippen molar-refractivity contribution in [1.29, 1.82) is 0 Å². The zero-order valence-corrected chi connectivity index (χ0v) is 8.36. The summed E-state index contributed by atoms with van der Waals surface area (Å²) >= 11 is 0. The third-order valence-corrected chi connectivity index (χ3v) is 2.17. The molecule has 0 heterocycles. The van der Waals surface area contributed by atoms with Gasteiger partial charge in [-0.3, -0.25) is 4.79 Å². The number of primary amides is 1. The van der Waals surface area contributed by atoms with Crippen LogP contribution in [-0.4, -0.2) is 12.3 Å². The first kappa shape index (κ1) is 12.5. The van der Waals surface area contributed by atoms with Crippen LogP contribution in [0.5, 0.6) is 0 Å². The van der Waals surface area contributed by atoms with Gasteiger partial charge in [-0.1, -0.05) is 0 Å². The molecule has 0 aromatic heterocycles. The second-order valence-electron chi connectivity index (χ2n) is 3.30. The van der Waals surface area contributed by atoms with Gasteiger partial charge in [0.2, 0.25) is 12.3 Å². The Kier molecular flexibility index (Phi) is 3.51. The van der Waals surface area contributed by atoms with Crippen LogP contribution >= 0.6 is 0 Å². The molecule has 1 aromatic carbocycles. The lowest BCUT2D eigenvalue weighted by Gasteiger charge is -2.09. The summed E-state index contributed by atoms with van der Waals surface area (Å²) < 4.78 is 50.6. The standard InChI is InChI=1S/C10H9F4NO/c1-4-6(10(15)16)2-5(3-7(11)12)9(14)8(4)13/h2,7H,3H2,1H3,(H2,15,16). The molecule has 1 rings (SSSR count). The number of hydrogen-bond donors (Lipinski definition) is 1. The van der Waals surface area contributed by atoms with Crippen molar-refractivity contribution in [3.05, 3.63) is 34.4 Å². The number of halogens is 4. The van der Waals surface area contributed by atoms with Gasteiger partial charge in [-0.15, -0.1) is 0 Å². The number of benzene rings is 1. The quantitative estimate of drug-likeness (QED) is 0.801. The first-order valence-electron chi connectivity index (χ1n) is 4.40. The number of nitrogens with two attached hydrogens (primary N) is 1. The fourth-order valence-electron chi connectivity index (χ4n) is 1.34. The summed E-state index contributed by atoms with van der Waals surface area (Å²) in [5.41, 5.74) is 3.81. The molecule has 6 heteroatoms. The fraction of sp³-hybridized carbons (Fsp3) is 0.300. The van der Waals surface area contributed by atoms with Crippen LogP contribution in [0.3, 0.4) is 0 Å². The van der Waals surface area contributed by atoms with Gasteiger partial charge in [-0.25, -0.2) is 17.6 Å². The molecule has 0 aliphatic heterocycles. The van der Waals surface area contributed by atoms with Gasteiger partial charge in [-0.2, -0.15) is 0 Å². The van der Waals surface area contributed by atoms with E-state index in [2.05, 4.69) is 0 Å². The molecule has 0 aliphatic carbocycles. The van der Waals surface area contributed by atoms with E-state index in [9.17, 15) is 22.4 Å². The van der Waals surface area contributed by atoms with Gasteiger partial charge in [-0.05, 0) is 18.6 Å². The van der Waals surface area contributed by atoms with E-state index in [1.165, 1.54) is 0 Å². The van der Waals surface area contributed by atoms with Crippen molar-refractivity contribution in [3.63, 3.8) is 0 Å². The van der Waals surface area contributed by atoms with Crippen molar-refractivity contribution in [2.75, 3.05) is 0 Å². The lowest BCUT2D eigenvalue weighted by molar-refractivity contribution is 0.0998. The van der Waals surface area contributed by atoms with Crippen molar-refractivity contribution >= 4 is 5.91 Å². The number of carbonyl (C=O) groups excluding carboxylic acids is 1. The maximum absolute atomic E-state index is 13.2. The Hall–Kier alpha value is -1.59. The predicted molar refractivity (Wildman–Crippen MR) is 49.3 cm³/mol. The van der Waals surface area contributed by atoms with Gasteiger partial charge in [0.1, 0.15) is 0 Å². The number of rotatable bonds is 3. The molecule has 0 atom stereocenters. The SMILES string of the molecule is Cc1c(C(N)=O)cc(CC(F)F)c(F)c1F. The Morgan fingerprint density at radius 3 is 2.38 bits per heavy atom. The summed E-state index contributed by atoms with van der Waals surface area (Å²) in [6.07, 6.45) is -3.78. The highest BCUT2D eigenvalue weighted by molar-refractivity contribution is 5.94. The van der Waals surface area contributed by atoms with Gasteiger partial charge < -0.3 is 5.73 Å². The molecule has 2 nitrogen and oxygen atoms in total. The van der Waals surface area contributed by atoms with E-state index in [0.717, 1.165) is 13.0 Å². The highest BCUT2D eigenvalue weighted by Crippen LogP contribution is 2.22. The highest BCUT2D eigenvalue weighted by Gasteiger charge is 2.20. The van der Waals surface area contributed by atoms with E-state index in [1.807, 2.05) is 0 Å². The Morgan fingerprint density at radius 1 is 1.38 bits per heavy atom. The molecular formula is C10H9F4NO. The van der Waals surface area contributed by atoms with Gasteiger partial charge in [0.15, 0.2) is 11.6 Å². The summed E-state index contributed by atoms with van der Waals surface area (Å²) in [6.45, 7) is 1.16. The maximum atomic E-state index is 13.2. The second-order valence-corrected chi connectivity index (χ2v) is 3.30. The summed E-state index contributed by atoms with van der Waals surface area (Å²) in [5.74, 6) is -3.65. The van der Waals surface area contributed by atoms with Gasteiger partial charge in [0.25, 0.3) is 0 Å². The monoisotopic (exact) mass is 235 g/mol. The number of hydrogen-bond acceptors (Lipinski definition) is 1. The van der Waals surface area contributed by atoms with Crippen molar-refractivity contribution < 1.29 is 22.4 Å². The molecule has 0 aliphatic rings. The maximum Gasteiger partial charge on any atom is 0.249 e. The summed E-state index contributed by atoms with van der Waals surface area (Å²) in [4.78, 5) is 10.9. The van der Waals surface area contributed by atoms with Crippen molar-refractivity contribution in [2.24, 2.45) is 5.73 Å². The van der Waals surface area contributed by atoms with Crippen molar-refractivity contribution in [2.45, 2.75) is 19.8 Å². The average Bonchev–Trinajstić information content (AvgIpc) is 2.18. The molecule has 0 saturated carbocycles. The van der Waals surface area contributed by atoms with E-state index in [0.29, 0.717) is 0 Å². The minimum Gasteiger partial charge on any atom is -0.366 e. The normalized spacial score (nSPS) is 10.9. The molecule has 0 spiro atoms. The smallest absolute Gasteiger partial charge is 0.249 e. The highest BCUT2D eigenvalue weighted by atomic mass is 19.3. The number of amides is 1. The molecule has 88 valence electrons. The molecule has 0 bridgehead atoms.